The van der Waals surface area contributed by atoms with Crippen LogP contribution in [0.1, 0.15) is 37.3 Å². The summed E-state index contributed by atoms with van der Waals surface area (Å²) in [4.78, 5) is 0. The van der Waals surface area contributed by atoms with Gasteiger partial charge in [0.2, 0.25) is 0 Å². The second kappa shape index (κ2) is 7.41. The van der Waals surface area contributed by atoms with E-state index in [4.69, 9.17) is 5.73 Å². The third-order valence-corrected chi connectivity index (χ3v) is 3.60. The van der Waals surface area contributed by atoms with Gasteiger partial charge in [0.1, 0.15) is 5.82 Å². The molecule has 1 aromatic carbocycles. The van der Waals surface area contributed by atoms with Gasteiger partial charge in [0.15, 0.2) is 0 Å². The fraction of sp³-hybridized carbons (Fsp3) is 0.500. The van der Waals surface area contributed by atoms with Crippen LogP contribution < -0.4 is 11.1 Å². The van der Waals surface area contributed by atoms with Crippen molar-refractivity contribution in [1.29, 1.82) is 0 Å². The van der Waals surface area contributed by atoms with Crippen LogP contribution in [0.25, 0.3) is 6.08 Å². The first-order valence-corrected chi connectivity index (χ1v) is 6.88. The molecule has 1 aliphatic rings. The Morgan fingerprint density at radius 2 is 2.00 bits per heavy atom. The number of nitrogens with one attached hydrogen (secondary N) is 1. The summed E-state index contributed by atoms with van der Waals surface area (Å²) in [7, 11) is 0. The Morgan fingerprint density at radius 3 is 2.42 bits per heavy atom. The highest BCUT2D eigenvalue weighted by molar-refractivity contribution is 5.47. The van der Waals surface area contributed by atoms with E-state index in [0.29, 0.717) is 0 Å². The minimum absolute atomic E-state index is 0.158. The fourth-order valence-corrected chi connectivity index (χ4v) is 2.16. The van der Waals surface area contributed by atoms with E-state index in [1.54, 1.807) is 6.08 Å². The molecule has 0 spiro atoms. The molecular formula is C16H25FN2. The van der Waals surface area contributed by atoms with Crippen LogP contribution in [0, 0.1) is 12.7 Å². The Morgan fingerprint density at radius 1 is 1.37 bits per heavy atom. The van der Waals surface area contributed by atoms with Crippen molar-refractivity contribution < 1.29 is 4.39 Å². The third kappa shape index (κ3) is 5.53. The molecule has 0 aromatic heterocycles. The minimum Gasteiger partial charge on any atom is -0.325 e. The number of nitrogens with two attached hydrogens (primary N) is 1. The predicted octanol–water partition coefficient (Wildman–Crippen LogP) is 3.25. The molecular weight excluding hydrogens is 239 g/mol. The molecule has 0 bridgehead atoms. The zero-order valence-electron chi connectivity index (χ0n) is 12.0. The summed E-state index contributed by atoms with van der Waals surface area (Å²) in [5.74, 6) is -0.199. The van der Waals surface area contributed by atoms with Crippen LogP contribution in [-0.4, -0.2) is 18.6 Å². The molecule has 1 fully saturated rings. The third-order valence-electron chi connectivity index (χ3n) is 3.60. The number of piperidine rings is 1. The Hall–Kier alpha value is -1.19. The normalized spacial score (nSPS) is 17.3. The summed E-state index contributed by atoms with van der Waals surface area (Å²) >= 11 is 0. The summed E-state index contributed by atoms with van der Waals surface area (Å²) in [5, 5.41) is 3.29. The fourth-order valence-electron chi connectivity index (χ4n) is 2.16. The standard InChI is InChI=1S/C9H9F.C7H16N2/c1-3-8-4-7(2)5-9(10)6-8;1-2-7(8)3-5-9-6-4-7/h3-6H,1H2,2H3;9H,2-6,8H2,1H3. The Labute approximate surface area is 115 Å². The van der Waals surface area contributed by atoms with Gasteiger partial charge >= 0.3 is 0 Å². The van der Waals surface area contributed by atoms with E-state index in [-0.39, 0.29) is 11.4 Å². The van der Waals surface area contributed by atoms with E-state index in [0.717, 1.165) is 43.5 Å². The summed E-state index contributed by atoms with van der Waals surface area (Å²) < 4.78 is 12.6. The average molecular weight is 264 g/mol. The first kappa shape index (κ1) is 15.9. The van der Waals surface area contributed by atoms with E-state index in [1.165, 1.54) is 12.1 Å². The van der Waals surface area contributed by atoms with Gasteiger partial charge in [-0.15, -0.1) is 0 Å². The van der Waals surface area contributed by atoms with Gasteiger partial charge in [-0.2, -0.15) is 0 Å². The Bertz CT molecular complexity index is 389. The van der Waals surface area contributed by atoms with Crippen LogP contribution in [0.15, 0.2) is 24.8 Å². The Balaban J connectivity index is 0.000000191. The zero-order valence-corrected chi connectivity index (χ0v) is 12.0. The number of hydrogen-bond donors (Lipinski definition) is 2. The van der Waals surface area contributed by atoms with E-state index in [1.807, 2.05) is 13.0 Å². The topological polar surface area (TPSA) is 38.0 Å². The SMILES string of the molecule is C=Cc1cc(C)cc(F)c1.CCC1(N)CCNCC1. The lowest BCUT2D eigenvalue weighted by Crippen LogP contribution is -2.48. The van der Waals surface area contributed by atoms with Crippen molar-refractivity contribution in [2.45, 2.75) is 38.6 Å². The van der Waals surface area contributed by atoms with Gasteiger partial charge in [0.05, 0.1) is 0 Å². The van der Waals surface area contributed by atoms with Crippen molar-refractivity contribution in [3.8, 4) is 0 Å². The second-order valence-electron chi connectivity index (χ2n) is 5.23. The lowest BCUT2D eigenvalue weighted by molar-refractivity contribution is 0.301. The number of rotatable bonds is 2. The van der Waals surface area contributed by atoms with Gasteiger partial charge < -0.3 is 11.1 Å². The summed E-state index contributed by atoms with van der Waals surface area (Å²) in [6, 6.07) is 4.84. The van der Waals surface area contributed by atoms with Crippen LogP contribution in [0.5, 0.6) is 0 Å². The molecule has 0 saturated carbocycles. The number of halogens is 1. The molecule has 0 atom stereocenters. The van der Waals surface area contributed by atoms with Gasteiger partial charge in [-0.3, -0.25) is 0 Å². The van der Waals surface area contributed by atoms with Crippen LogP contribution in [0.3, 0.4) is 0 Å². The molecule has 3 N–H and O–H groups in total. The van der Waals surface area contributed by atoms with Crippen molar-refractivity contribution in [2.24, 2.45) is 5.73 Å². The van der Waals surface area contributed by atoms with Gasteiger partial charge in [0, 0.05) is 5.54 Å². The van der Waals surface area contributed by atoms with Crippen LogP contribution >= 0.6 is 0 Å². The molecule has 2 rings (SSSR count). The molecule has 1 aromatic rings. The zero-order chi connectivity index (χ0) is 14.3. The van der Waals surface area contributed by atoms with Crippen LogP contribution in [0.4, 0.5) is 4.39 Å². The predicted molar refractivity (Wildman–Crippen MR) is 80.5 cm³/mol. The molecule has 0 radical (unpaired) electrons. The summed E-state index contributed by atoms with van der Waals surface area (Å²) in [6.07, 6.45) is 5.04. The summed E-state index contributed by atoms with van der Waals surface area (Å²) in [5.41, 5.74) is 7.93. The number of hydrogen-bond acceptors (Lipinski definition) is 2. The van der Waals surface area contributed by atoms with Gasteiger partial charge in [0.25, 0.3) is 0 Å². The van der Waals surface area contributed by atoms with Gasteiger partial charge in [-0.1, -0.05) is 25.6 Å². The highest BCUT2D eigenvalue weighted by Crippen LogP contribution is 2.17. The van der Waals surface area contributed by atoms with Crippen LogP contribution in [0.2, 0.25) is 0 Å². The molecule has 19 heavy (non-hydrogen) atoms. The molecule has 1 aliphatic heterocycles. The molecule has 1 heterocycles. The van der Waals surface area contributed by atoms with Crippen molar-refractivity contribution in [3.05, 3.63) is 41.7 Å². The quantitative estimate of drug-likeness (QED) is 0.860. The number of benzene rings is 1. The van der Waals surface area contributed by atoms with Crippen molar-refractivity contribution in [3.63, 3.8) is 0 Å². The minimum atomic E-state index is -0.199. The molecule has 0 aliphatic carbocycles. The average Bonchev–Trinajstić information content (AvgIpc) is 2.39. The highest BCUT2D eigenvalue weighted by atomic mass is 19.1. The molecule has 106 valence electrons. The maximum absolute atomic E-state index is 12.6. The van der Waals surface area contributed by atoms with Crippen molar-refractivity contribution >= 4 is 6.08 Å². The maximum Gasteiger partial charge on any atom is 0.124 e. The van der Waals surface area contributed by atoms with Crippen molar-refractivity contribution in [1.82, 2.24) is 5.32 Å². The molecule has 3 heteroatoms. The largest absolute Gasteiger partial charge is 0.325 e. The second-order valence-corrected chi connectivity index (χ2v) is 5.23. The summed E-state index contributed by atoms with van der Waals surface area (Å²) in [6.45, 7) is 9.78. The highest BCUT2D eigenvalue weighted by Gasteiger charge is 2.24. The van der Waals surface area contributed by atoms with E-state index in [2.05, 4.69) is 18.8 Å². The molecule has 2 nitrogen and oxygen atoms in total. The van der Waals surface area contributed by atoms with Gasteiger partial charge in [-0.25, -0.2) is 4.39 Å². The molecule has 0 unspecified atom stereocenters. The first-order valence-electron chi connectivity index (χ1n) is 6.88. The van der Waals surface area contributed by atoms with E-state index in [9.17, 15) is 4.39 Å². The monoisotopic (exact) mass is 264 g/mol. The first-order chi connectivity index (χ1) is 8.99. The van der Waals surface area contributed by atoms with Crippen LogP contribution in [-0.2, 0) is 0 Å². The van der Waals surface area contributed by atoms with Crippen molar-refractivity contribution in [2.75, 3.05) is 13.1 Å². The molecule has 1 saturated heterocycles. The van der Waals surface area contributed by atoms with E-state index < -0.39 is 0 Å². The Kier molecular flexibility index (Phi) is 6.19. The van der Waals surface area contributed by atoms with E-state index >= 15 is 0 Å². The smallest absolute Gasteiger partial charge is 0.124 e. The van der Waals surface area contributed by atoms with Gasteiger partial charge in [-0.05, 0) is 62.5 Å². The molecule has 0 amide bonds. The lowest BCUT2D eigenvalue weighted by Gasteiger charge is -2.32. The lowest BCUT2D eigenvalue weighted by atomic mass is 9.87. The number of aryl methyl sites for hydroxylation is 1. The maximum atomic E-state index is 12.6.